The number of nitrogens with zero attached hydrogens (tertiary/aromatic N) is 3. The maximum Gasteiger partial charge on any atom is 1.00 e. The van der Waals surface area contributed by atoms with Crippen LogP contribution in [0.1, 0.15) is 65.2 Å². The molecule has 4 heteroatoms. The molecule has 28 heavy (non-hydrogen) atoms. The van der Waals surface area contributed by atoms with Crippen LogP contribution in [0.15, 0.2) is 23.8 Å². The van der Waals surface area contributed by atoms with Crippen molar-refractivity contribution in [1.29, 1.82) is 0 Å². The summed E-state index contributed by atoms with van der Waals surface area (Å²) in [5.41, 5.74) is 2.83. The third kappa shape index (κ3) is 15.7. The van der Waals surface area contributed by atoms with Gasteiger partial charge in [0.05, 0.1) is 0 Å². The molecule has 0 fully saturated rings. The Bertz CT molecular complexity index is 391. The van der Waals surface area contributed by atoms with E-state index in [1.54, 1.807) is 0 Å². The summed E-state index contributed by atoms with van der Waals surface area (Å²) in [4.78, 5) is 7.25. The largest absolute Gasteiger partial charge is 1.00 e. The van der Waals surface area contributed by atoms with Gasteiger partial charge >= 0.3 is 18.9 Å². The van der Waals surface area contributed by atoms with Crippen LogP contribution in [-0.4, -0.2) is 75.1 Å². The fraction of sp³-hybridized carbons (Fsp3) is 0.792. The fourth-order valence-corrected chi connectivity index (χ4v) is 3.60. The van der Waals surface area contributed by atoms with Crippen LogP contribution in [0, 0.1) is 6.92 Å². The van der Waals surface area contributed by atoms with E-state index in [9.17, 15) is 0 Å². The van der Waals surface area contributed by atoms with Crippen LogP contribution in [0.5, 0.6) is 0 Å². The zero-order valence-electron chi connectivity index (χ0n) is 20.4. The van der Waals surface area contributed by atoms with E-state index in [-0.39, 0.29) is 18.9 Å². The number of unbranched alkanes of at least 4 members (excludes halogenated alkanes) is 2. The van der Waals surface area contributed by atoms with Crippen molar-refractivity contribution in [1.82, 2.24) is 14.7 Å². The second kappa shape index (κ2) is 18.8. The normalized spacial score (nSPS) is 13.2. The molecule has 0 aromatic rings. The Morgan fingerprint density at radius 2 is 1.43 bits per heavy atom. The molecule has 0 rings (SSSR count). The van der Waals surface area contributed by atoms with Crippen molar-refractivity contribution >= 4 is 0 Å². The van der Waals surface area contributed by atoms with Gasteiger partial charge in [0.1, 0.15) is 0 Å². The number of hydrogen-bond acceptors (Lipinski definition) is 3. The fourth-order valence-electron chi connectivity index (χ4n) is 3.60. The van der Waals surface area contributed by atoms with Crippen molar-refractivity contribution in [3.8, 4) is 0 Å². The van der Waals surface area contributed by atoms with Crippen molar-refractivity contribution in [2.45, 2.75) is 71.3 Å². The van der Waals surface area contributed by atoms with Gasteiger partial charge in [-0.2, -0.15) is 0 Å². The van der Waals surface area contributed by atoms with Gasteiger partial charge in [0.25, 0.3) is 0 Å². The van der Waals surface area contributed by atoms with Crippen molar-refractivity contribution in [2.24, 2.45) is 0 Å². The monoisotopic (exact) mass is 385 g/mol. The minimum absolute atomic E-state index is 0. The van der Waals surface area contributed by atoms with Gasteiger partial charge in [-0.15, -0.1) is 0 Å². The minimum atomic E-state index is 0. The molecule has 0 amide bonds. The van der Waals surface area contributed by atoms with Gasteiger partial charge in [-0.3, -0.25) is 4.90 Å². The maximum atomic E-state index is 4.34. The Morgan fingerprint density at radius 3 is 1.82 bits per heavy atom. The Balaban J connectivity index is 0. The molecule has 0 spiro atoms. The van der Waals surface area contributed by atoms with Gasteiger partial charge in [0.2, 0.25) is 0 Å². The van der Waals surface area contributed by atoms with Gasteiger partial charge in [-0.25, -0.2) is 18.6 Å². The zero-order chi connectivity index (χ0) is 20.7. The standard InChI is InChI=1S/C24H48N3.Li/c1-9-11-12-15-23(10-2)16-17-24(22(3)4)27(20-13-18-25(5)6)21-14-19-26(7)8;/h10,24H,2-3,9,11-21H2,1,4-8H3;/q-1;+1/b23-10-;. The summed E-state index contributed by atoms with van der Waals surface area (Å²) in [6, 6.07) is 0.482. The Morgan fingerprint density at radius 1 is 0.893 bits per heavy atom. The molecule has 0 aromatic heterocycles. The molecule has 160 valence electrons. The van der Waals surface area contributed by atoms with E-state index >= 15 is 0 Å². The maximum absolute atomic E-state index is 4.34. The van der Waals surface area contributed by atoms with Crippen LogP contribution in [0.25, 0.3) is 0 Å². The van der Waals surface area contributed by atoms with Gasteiger partial charge in [-0.1, -0.05) is 51.2 Å². The van der Waals surface area contributed by atoms with Gasteiger partial charge in [0.15, 0.2) is 0 Å². The Labute approximate surface area is 189 Å². The van der Waals surface area contributed by atoms with Crippen LogP contribution in [0.2, 0.25) is 0 Å². The molecule has 0 saturated heterocycles. The third-order valence-electron chi connectivity index (χ3n) is 5.24. The molecule has 0 aliphatic rings. The first-order valence-electron chi connectivity index (χ1n) is 11.0. The van der Waals surface area contributed by atoms with Crippen LogP contribution in [0.3, 0.4) is 0 Å². The van der Waals surface area contributed by atoms with Gasteiger partial charge < -0.3 is 9.80 Å². The topological polar surface area (TPSA) is 9.72 Å². The quantitative estimate of drug-likeness (QED) is 0.165. The molecule has 0 aliphatic carbocycles. The molecule has 1 atom stereocenters. The van der Waals surface area contributed by atoms with Crippen LogP contribution in [-0.2, 0) is 0 Å². The summed E-state index contributed by atoms with van der Waals surface area (Å²) in [6.07, 6.45) is 12.0. The smallest absolute Gasteiger partial charge is 0.309 e. The third-order valence-corrected chi connectivity index (χ3v) is 5.24. The van der Waals surface area contributed by atoms with E-state index in [1.807, 2.05) is 0 Å². The first-order chi connectivity index (χ1) is 12.8. The molecule has 0 heterocycles. The van der Waals surface area contributed by atoms with Crippen molar-refractivity contribution in [3.05, 3.63) is 30.7 Å². The van der Waals surface area contributed by atoms with Gasteiger partial charge in [-0.05, 0) is 80.6 Å². The van der Waals surface area contributed by atoms with Crippen LogP contribution >= 0.6 is 0 Å². The molecule has 0 bridgehead atoms. The Hall–Kier alpha value is -0.173. The number of hydrogen-bond donors (Lipinski definition) is 0. The first-order valence-corrected chi connectivity index (χ1v) is 11.0. The van der Waals surface area contributed by atoms with E-state index in [0.717, 1.165) is 32.6 Å². The predicted molar refractivity (Wildman–Crippen MR) is 123 cm³/mol. The van der Waals surface area contributed by atoms with Crippen molar-refractivity contribution in [2.75, 3.05) is 54.4 Å². The van der Waals surface area contributed by atoms with E-state index in [0.29, 0.717) is 6.04 Å². The summed E-state index contributed by atoms with van der Waals surface area (Å²) in [5, 5.41) is 0. The molecule has 0 saturated carbocycles. The molecule has 0 radical (unpaired) electrons. The summed E-state index contributed by atoms with van der Waals surface area (Å²) >= 11 is 0. The van der Waals surface area contributed by atoms with Gasteiger partial charge in [0, 0.05) is 6.04 Å². The van der Waals surface area contributed by atoms with E-state index < -0.39 is 0 Å². The summed E-state index contributed by atoms with van der Waals surface area (Å²) in [6.45, 7) is 17.5. The number of rotatable bonds is 17. The van der Waals surface area contributed by atoms with E-state index in [1.165, 1.54) is 56.1 Å². The summed E-state index contributed by atoms with van der Waals surface area (Å²) < 4.78 is 0. The van der Waals surface area contributed by atoms with E-state index in [4.69, 9.17) is 0 Å². The summed E-state index contributed by atoms with van der Waals surface area (Å²) in [5.74, 6) is 0. The molecular weight excluding hydrogens is 337 g/mol. The molecule has 1 unspecified atom stereocenters. The number of allylic oxidation sites excluding steroid dienone is 2. The van der Waals surface area contributed by atoms with E-state index in [2.05, 4.69) is 76.3 Å². The second-order valence-electron chi connectivity index (χ2n) is 8.57. The summed E-state index contributed by atoms with van der Waals surface area (Å²) in [7, 11) is 8.64. The minimum Gasteiger partial charge on any atom is -0.309 e. The average molecular weight is 386 g/mol. The zero-order valence-corrected chi connectivity index (χ0v) is 20.4. The van der Waals surface area contributed by atoms with Crippen LogP contribution in [0.4, 0.5) is 0 Å². The predicted octanol–water partition coefficient (Wildman–Crippen LogP) is 2.26. The average Bonchev–Trinajstić information content (AvgIpc) is 2.59. The first kappa shape index (κ1) is 30.0. The SMILES string of the molecule is C=C(C)C(CC/C(=C\[CH2-])CCCCC)N(CCCN(C)C)CCCN(C)C.[Li+]. The molecule has 3 nitrogen and oxygen atoms in total. The molecule has 0 aromatic carbocycles. The molecule has 0 N–H and O–H groups in total. The second-order valence-corrected chi connectivity index (χ2v) is 8.57. The van der Waals surface area contributed by atoms with Crippen molar-refractivity contribution in [3.63, 3.8) is 0 Å². The molecular formula is C24H48LiN3. The van der Waals surface area contributed by atoms with Crippen molar-refractivity contribution < 1.29 is 18.9 Å². The Kier molecular flexibility index (Phi) is 20.2. The van der Waals surface area contributed by atoms with Crippen LogP contribution < -0.4 is 18.9 Å². The molecule has 0 aliphatic heterocycles.